The summed E-state index contributed by atoms with van der Waals surface area (Å²) in [4.78, 5) is 0. The highest BCUT2D eigenvalue weighted by Crippen LogP contribution is 2.51. The van der Waals surface area contributed by atoms with Crippen molar-refractivity contribution >= 4 is 0 Å². The molecule has 0 spiro atoms. The standard InChI is InChI=1S/C10H14O/c1-2-7-10(11,8-3-4-8)9-5-6-9/h8-9,11H,3-6H2,1H3. The van der Waals surface area contributed by atoms with Crippen LogP contribution in [0, 0.1) is 23.7 Å². The molecule has 2 saturated carbocycles. The Labute approximate surface area is 67.8 Å². The molecule has 2 aliphatic rings. The maximum Gasteiger partial charge on any atom is 0.131 e. The van der Waals surface area contributed by atoms with Crippen molar-refractivity contribution in [2.45, 2.75) is 38.2 Å². The largest absolute Gasteiger partial charge is 0.377 e. The van der Waals surface area contributed by atoms with E-state index in [9.17, 15) is 5.11 Å². The van der Waals surface area contributed by atoms with E-state index in [1.54, 1.807) is 0 Å². The minimum atomic E-state index is -0.589. The van der Waals surface area contributed by atoms with E-state index in [0.717, 1.165) is 0 Å². The van der Waals surface area contributed by atoms with Crippen LogP contribution in [0.2, 0.25) is 0 Å². The van der Waals surface area contributed by atoms with E-state index in [1.807, 2.05) is 6.92 Å². The molecule has 2 fully saturated rings. The van der Waals surface area contributed by atoms with E-state index in [0.29, 0.717) is 11.8 Å². The van der Waals surface area contributed by atoms with Crippen molar-refractivity contribution in [3.63, 3.8) is 0 Å². The molecule has 0 aliphatic heterocycles. The van der Waals surface area contributed by atoms with Crippen molar-refractivity contribution in [2.24, 2.45) is 11.8 Å². The third-order valence-electron chi connectivity index (χ3n) is 2.72. The maximum absolute atomic E-state index is 10.1. The van der Waals surface area contributed by atoms with Gasteiger partial charge in [0.05, 0.1) is 0 Å². The van der Waals surface area contributed by atoms with Crippen LogP contribution in [0.25, 0.3) is 0 Å². The molecule has 1 heteroatoms. The fraction of sp³-hybridized carbons (Fsp3) is 0.800. The van der Waals surface area contributed by atoms with Crippen LogP contribution >= 0.6 is 0 Å². The lowest BCUT2D eigenvalue weighted by Gasteiger charge is -2.20. The van der Waals surface area contributed by atoms with E-state index in [-0.39, 0.29) is 0 Å². The highest BCUT2D eigenvalue weighted by Gasteiger charge is 2.52. The second kappa shape index (κ2) is 2.25. The smallest absolute Gasteiger partial charge is 0.131 e. The average molecular weight is 150 g/mol. The third-order valence-corrected chi connectivity index (χ3v) is 2.72. The highest BCUT2D eigenvalue weighted by atomic mass is 16.3. The molecule has 0 bridgehead atoms. The molecule has 0 saturated heterocycles. The van der Waals surface area contributed by atoms with Gasteiger partial charge in [-0.2, -0.15) is 0 Å². The Hall–Kier alpha value is -0.480. The summed E-state index contributed by atoms with van der Waals surface area (Å²) in [5, 5.41) is 10.1. The number of hydrogen-bond donors (Lipinski definition) is 1. The fourth-order valence-electron chi connectivity index (χ4n) is 1.78. The van der Waals surface area contributed by atoms with Gasteiger partial charge in [-0.3, -0.25) is 0 Å². The lowest BCUT2D eigenvalue weighted by atomic mass is 9.93. The zero-order chi connectivity index (χ0) is 7.90. The van der Waals surface area contributed by atoms with Crippen LogP contribution in [0.4, 0.5) is 0 Å². The first-order valence-corrected chi connectivity index (χ1v) is 4.43. The van der Waals surface area contributed by atoms with Crippen LogP contribution < -0.4 is 0 Å². The van der Waals surface area contributed by atoms with Gasteiger partial charge in [0.2, 0.25) is 0 Å². The Morgan fingerprint density at radius 3 is 1.91 bits per heavy atom. The molecule has 0 heterocycles. The lowest BCUT2D eigenvalue weighted by Crippen LogP contribution is -2.31. The molecule has 0 aromatic heterocycles. The predicted molar refractivity (Wildman–Crippen MR) is 43.8 cm³/mol. The molecule has 1 N–H and O–H groups in total. The average Bonchev–Trinajstić information content (AvgIpc) is 2.84. The van der Waals surface area contributed by atoms with Crippen LogP contribution in [0.3, 0.4) is 0 Å². The molecule has 0 aromatic carbocycles. The molecular formula is C10H14O. The zero-order valence-electron chi connectivity index (χ0n) is 6.93. The Morgan fingerprint density at radius 1 is 1.18 bits per heavy atom. The number of hydrogen-bond acceptors (Lipinski definition) is 1. The van der Waals surface area contributed by atoms with Gasteiger partial charge in [-0.05, 0) is 44.4 Å². The molecule has 2 rings (SSSR count). The molecule has 11 heavy (non-hydrogen) atoms. The van der Waals surface area contributed by atoms with Gasteiger partial charge >= 0.3 is 0 Å². The van der Waals surface area contributed by atoms with Crippen LogP contribution in [-0.2, 0) is 0 Å². The molecule has 0 unspecified atom stereocenters. The molecule has 0 atom stereocenters. The van der Waals surface area contributed by atoms with Gasteiger partial charge < -0.3 is 5.11 Å². The van der Waals surface area contributed by atoms with Crippen molar-refractivity contribution in [3.05, 3.63) is 0 Å². The van der Waals surface area contributed by atoms with Gasteiger partial charge in [0.25, 0.3) is 0 Å². The Kier molecular flexibility index (Phi) is 1.47. The van der Waals surface area contributed by atoms with Gasteiger partial charge in [-0.1, -0.05) is 5.92 Å². The first-order valence-electron chi connectivity index (χ1n) is 4.43. The summed E-state index contributed by atoms with van der Waals surface area (Å²) in [5.74, 6) is 6.84. The molecule has 60 valence electrons. The van der Waals surface area contributed by atoms with Gasteiger partial charge in [-0.25, -0.2) is 0 Å². The van der Waals surface area contributed by atoms with E-state index in [1.165, 1.54) is 25.7 Å². The molecule has 0 amide bonds. The third kappa shape index (κ3) is 1.16. The normalized spacial score (nSPS) is 24.2. The SMILES string of the molecule is CC#CC(O)(C1CC1)C1CC1. The quantitative estimate of drug-likeness (QED) is 0.592. The summed E-state index contributed by atoms with van der Waals surface area (Å²) < 4.78 is 0. The van der Waals surface area contributed by atoms with Crippen molar-refractivity contribution in [1.29, 1.82) is 0 Å². The van der Waals surface area contributed by atoms with Crippen LogP contribution in [0.5, 0.6) is 0 Å². The molecule has 2 aliphatic carbocycles. The van der Waals surface area contributed by atoms with Crippen molar-refractivity contribution < 1.29 is 5.11 Å². The van der Waals surface area contributed by atoms with E-state index in [2.05, 4.69) is 11.8 Å². The number of aliphatic hydroxyl groups is 1. The topological polar surface area (TPSA) is 20.2 Å². The Bertz CT molecular complexity index is 201. The second-order valence-corrected chi connectivity index (χ2v) is 3.75. The van der Waals surface area contributed by atoms with Gasteiger partial charge in [0.1, 0.15) is 5.60 Å². The monoisotopic (exact) mass is 150 g/mol. The minimum Gasteiger partial charge on any atom is -0.377 e. The van der Waals surface area contributed by atoms with Crippen LogP contribution in [0.15, 0.2) is 0 Å². The van der Waals surface area contributed by atoms with Crippen molar-refractivity contribution in [3.8, 4) is 11.8 Å². The van der Waals surface area contributed by atoms with E-state index in [4.69, 9.17) is 0 Å². The summed E-state index contributed by atoms with van der Waals surface area (Å²) in [5.41, 5.74) is -0.589. The summed E-state index contributed by atoms with van der Waals surface area (Å²) in [6.45, 7) is 1.82. The van der Waals surface area contributed by atoms with Crippen molar-refractivity contribution in [2.75, 3.05) is 0 Å². The predicted octanol–water partition coefficient (Wildman–Crippen LogP) is 1.56. The van der Waals surface area contributed by atoms with Gasteiger partial charge in [-0.15, -0.1) is 5.92 Å². The molecular weight excluding hydrogens is 136 g/mol. The van der Waals surface area contributed by atoms with Gasteiger partial charge in [0, 0.05) is 0 Å². The molecule has 0 aromatic rings. The molecule has 0 radical (unpaired) electrons. The van der Waals surface area contributed by atoms with Gasteiger partial charge in [0.15, 0.2) is 0 Å². The Balaban J connectivity index is 2.14. The summed E-state index contributed by atoms with van der Waals surface area (Å²) in [6, 6.07) is 0. The maximum atomic E-state index is 10.1. The van der Waals surface area contributed by atoms with E-state index < -0.39 is 5.60 Å². The first-order chi connectivity index (χ1) is 5.27. The lowest BCUT2D eigenvalue weighted by molar-refractivity contribution is 0.0546. The summed E-state index contributed by atoms with van der Waals surface area (Å²) in [7, 11) is 0. The second-order valence-electron chi connectivity index (χ2n) is 3.75. The number of rotatable bonds is 2. The summed E-state index contributed by atoms with van der Waals surface area (Å²) in [6.07, 6.45) is 4.73. The minimum absolute atomic E-state index is 0.502. The van der Waals surface area contributed by atoms with Crippen molar-refractivity contribution in [1.82, 2.24) is 0 Å². The van der Waals surface area contributed by atoms with E-state index >= 15 is 0 Å². The first kappa shape index (κ1) is 7.18. The van der Waals surface area contributed by atoms with Crippen LogP contribution in [-0.4, -0.2) is 10.7 Å². The summed E-state index contributed by atoms with van der Waals surface area (Å²) >= 11 is 0. The highest BCUT2D eigenvalue weighted by molar-refractivity contribution is 5.22. The fourth-order valence-corrected chi connectivity index (χ4v) is 1.78. The molecule has 1 nitrogen and oxygen atoms in total. The zero-order valence-corrected chi connectivity index (χ0v) is 6.93. The van der Waals surface area contributed by atoms with Crippen LogP contribution in [0.1, 0.15) is 32.6 Å². The Morgan fingerprint density at radius 2 is 1.64 bits per heavy atom.